The van der Waals surface area contributed by atoms with Crippen LogP contribution in [0.2, 0.25) is 5.15 Å². The van der Waals surface area contributed by atoms with Crippen LogP contribution in [0, 0.1) is 6.92 Å². The van der Waals surface area contributed by atoms with Crippen molar-refractivity contribution in [2.24, 2.45) is 0 Å². The van der Waals surface area contributed by atoms with Crippen molar-refractivity contribution in [3.05, 3.63) is 40.7 Å². The second kappa shape index (κ2) is 3.58. The summed E-state index contributed by atoms with van der Waals surface area (Å²) in [6.07, 6.45) is 2.86. The number of pyridine rings is 1. The van der Waals surface area contributed by atoms with Crippen molar-refractivity contribution in [1.82, 2.24) is 4.98 Å². The van der Waals surface area contributed by atoms with Crippen LogP contribution in [-0.4, -0.2) is 4.98 Å². The number of benzene rings is 1. The lowest BCUT2D eigenvalue weighted by molar-refractivity contribution is 1.13. The summed E-state index contributed by atoms with van der Waals surface area (Å²) in [6, 6.07) is 6.27. The third-order valence-corrected chi connectivity index (χ3v) is 2.76. The number of aromatic nitrogens is 1. The second-order valence-corrected chi connectivity index (χ2v) is 3.83. The molecule has 0 unspecified atom stereocenters. The van der Waals surface area contributed by atoms with E-state index in [4.69, 9.17) is 11.6 Å². The molecule has 0 aliphatic rings. The van der Waals surface area contributed by atoms with E-state index in [1.54, 1.807) is 0 Å². The molecule has 1 aromatic carbocycles. The van der Waals surface area contributed by atoms with E-state index in [1.165, 1.54) is 16.5 Å². The van der Waals surface area contributed by atoms with Crippen molar-refractivity contribution >= 4 is 22.4 Å². The van der Waals surface area contributed by atoms with E-state index in [0.29, 0.717) is 5.15 Å². The monoisotopic (exact) mass is 205 g/mol. The molecule has 14 heavy (non-hydrogen) atoms. The third-order valence-electron chi connectivity index (χ3n) is 2.46. The van der Waals surface area contributed by atoms with Crippen LogP contribution in [0.1, 0.15) is 18.1 Å². The zero-order valence-corrected chi connectivity index (χ0v) is 9.10. The fourth-order valence-electron chi connectivity index (χ4n) is 1.66. The van der Waals surface area contributed by atoms with Crippen molar-refractivity contribution in [3.8, 4) is 0 Å². The van der Waals surface area contributed by atoms with E-state index in [0.717, 1.165) is 11.8 Å². The first-order chi connectivity index (χ1) is 6.72. The average molecular weight is 206 g/mol. The van der Waals surface area contributed by atoms with Crippen molar-refractivity contribution in [2.45, 2.75) is 20.3 Å². The summed E-state index contributed by atoms with van der Waals surface area (Å²) >= 11 is 6.03. The molecular formula is C12H12ClN. The average Bonchev–Trinajstić information content (AvgIpc) is 2.18. The van der Waals surface area contributed by atoms with Crippen LogP contribution < -0.4 is 0 Å². The lowest BCUT2D eigenvalue weighted by atomic mass is 10.0. The summed E-state index contributed by atoms with van der Waals surface area (Å²) in [5.41, 5.74) is 2.52. The molecule has 0 N–H and O–H groups in total. The second-order valence-electron chi connectivity index (χ2n) is 3.48. The van der Waals surface area contributed by atoms with Gasteiger partial charge in [-0.1, -0.05) is 42.3 Å². The Hall–Kier alpha value is -1.08. The largest absolute Gasteiger partial charge is 0.244 e. The smallest absolute Gasteiger partial charge is 0.136 e. The lowest BCUT2D eigenvalue weighted by Crippen LogP contribution is -1.88. The van der Waals surface area contributed by atoms with E-state index in [-0.39, 0.29) is 0 Å². The van der Waals surface area contributed by atoms with Gasteiger partial charge < -0.3 is 0 Å². The molecule has 1 heterocycles. The Kier molecular flexibility index (Phi) is 2.42. The summed E-state index contributed by atoms with van der Waals surface area (Å²) in [6.45, 7) is 4.22. The molecule has 1 aromatic heterocycles. The van der Waals surface area contributed by atoms with Gasteiger partial charge >= 0.3 is 0 Å². The minimum Gasteiger partial charge on any atom is -0.244 e. The molecule has 2 rings (SSSR count). The highest BCUT2D eigenvalue weighted by molar-refractivity contribution is 6.34. The number of hydrogen-bond donors (Lipinski definition) is 0. The maximum atomic E-state index is 6.03. The van der Waals surface area contributed by atoms with E-state index >= 15 is 0 Å². The number of aryl methyl sites for hydroxylation is 2. The summed E-state index contributed by atoms with van der Waals surface area (Å²) < 4.78 is 0. The van der Waals surface area contributed by atoms with Gasteiger partial charge in [-0.05, 0) is 24.3 Å². The van der Waals surface area contributed by atoms with Crippen LogP contribution in [0.4, 0.5) is 0 Å². The number of halogens is 1. The standard InChI is InChI=1S/C12H12ClN/c1-3-9-7-14-12(13)10-5-4-8(2)6-11(9)10/h4-7H,3H2,1-2H3. The molecule has 2 aromatic rings. The Morgan fingerprint density at radius 2 is 2.07 bits per heavy atom. The summed E-state index contributed by atoms with van der Waals surface area (Å²) in [4.78, 5) is 4.17. The fraction of sp³-hybridized carbons (Fsp3) is 0.250. The summed E-state index contributed by atoms with van der Waals surface area (Å²) in [5, 5.41) is 2.88. The zero-order chi connectivity index (χ0) is 10.1. The lowest BCUT2D eigenvalue weighted by Gasteiger charge is -2.06. The molecule has 0 fully saturated rings. The first-order valence-corrected chi connectivity index (χ1v) is 5.14. The molecular weight excluding hydrogens is 194 g/mol. The number of hydrogen-bond acceptors (Lipinski definition) is 1. The Balaban J connectivity index is 2.85. The van der Waals surface area contributed by atoms with Gasteiger partial charge in [-0.25, -0.2) is 4.98 Å². The van der Waals surface area contributed by atoms with Crippen molar-refractivity contribution in [3.63, 3.8) is 0 Å². The van der Waals surface area contributed by atoms with Crippen molar-refractivity contribution in [1.29, 1.82) is 0 Å². The van der Waals surface area contributed by atoms with Gasteiger partial charge in [0, 0.05) is 11.6 Å². The van der Waals surface area contributed by atoms with Crippen LogP contribution >= 0.6 is 11.6 Å². The van der Waals surface area contributed by atoms with Gasteiger partial charge in [0.15, 0.2) is 0 Å². The molecule has 2 heteroatoms. The highest BCUT2D eigenvalue weighted by Gasteiger charge is 2.04. The Morgan fingerprint density at radius 3 is 2.79 bits per heavy atom. The Morgan fingerprint density at radius 1 is 1.29 bits per heavy atom. The normalized spacial score (nSPS) is 10.8. The van der Waals surface area contributed by atoms with Gasteiger partial charge in [-0.3, -0.25) is 0 Å². The maximum absolute atomic E-state index is 6.03. The predicted molar refractivity (Wildman–Crippen MR) is 60.9 cm³/mol. The SMILES string of the molecule is CCc1cnc(Cl)c2ccc(C)cc12. The molecule has 0 aliphatic heterocycles. The number of fused-ring (bicyclic) bond motifs is 1. The molecule has 72 valence electrons. The molecule has 0 spiro atoms. The van der Waals surface area contributed by atoms with Crippen LogP contribution in [0.25, 0.3) is 10.8 Å². The molecule has 0 saturated carbocycles. The van der Waals surface area contributed by atoms with Crippen LogP contribution in [0.3, 0.4) is 0 Å². The van der Waals surface area contributed by atoms with Gasteiger partial charge in [-0.15, -0.1) is 0 Å². The van der Waals surface area contributed by atoms with Crippen LogP contribution in [0.5, 0.6) is 0 Å². The zero-order valence-electron chi connectivity index (χ0n) is 8.34. The topological polar surface area (TPSA) is 12.9 Å². The Labute approximate surface area is 88.7 Å². The molecule has 1 nitrogen and oxygen atoms in total. The van der Waals surface area contributed by atoms with Gasteiger partial charge in [0.2, 0.25) is 0 Å². The minimum atomic E-state index is 0.595. The van der Waals surface area contributed by atoms with E-state index < -0.39 is 0 Å². The first-order valence-electron chi connectivity index (χ1n) is 4.76. The highest BCUT2D eigenvalue weighted by Crippen LogP contribution is 2.25. The van der Waals surface area contributed by atoms with Crippen molar-refractivity contribution in [2.75, 3.05) is 0 Å². The van der Waals surface area contributed by atoms with E-state index in [9.17, 15) is 0 Å². The summed E-state index contributed by atoms with van der Waals surface area (Å²) in [5.74, 6) is 0. The summed E-state index contributed by atoms with van der Waals surface area (Å²) in [7, 11) is 0. The number of rotatable bonds is 1. The first kappa shape index (κ1) is 9.47. The van der Waals surface area contributed by atoms with E-state index in [1.807, 2.05) is 12.3 Å². The minimum absolute atomic E-state index is 0.595. The van der Waals surface area contributed by atoms with E-state index in [2.05, 4.69) is 31.0 Å². The van der Waals surface area contributed by atoms with Gasteiger partial charge in [0.1, 0.15) is 5.15 Å². The molecule has 0 aliphatic carbocycles. The molecule has 0 radical (unpaired) electrons. The fourth-order valence-corrected chi connectivity index (χ4v) is 1.87. The Bertz CT molecular complexity index is 477. The molecule has 0 atom stereocenters. The van der Waals surface area contributed by atoms with Gasteiger partial charge in [-0.2, -0.15) is 0 Å². The predicted octanol–water partition coefficient (Wildman–Crippen LogP) is 3.76. The molecule has 0 bridgehead atoms. The quantitative estimate of drug-likeness (QED) is 0.646. The molecule has 0 amide bonds. The van der Waals surface area contributed by atoms with Gasteiger partial charge in [0.25, 0.3) is 0 Å². The van der Waals surface area contributed by atoms with Crippen molar-refractivity contribution < 1.29 is 0 Å². The molecule has 0 saturated heterocycles. The van der Waals surface area contributed by atoms with Gasteiger partial charge in [0.05, 0.1) is 0 Å². The maximum Gasteiger partial charge on any atom is 0.136 e. The van der Waals surface area contributed by atoms with Crippen LogP contribution in [-0.2, 0) is 6.42 Å². The van der Waals surface area contributed by atoms with Crippen LogP contribution in [0.15, 0.2) is 24.4 Å². The number of nitrogens with zero attached hydrogens (tertiary/aromatic N) is 1. The highest BCUT2D eigenvalue weighted by atomic mass is 35.5. The third kappa shape index (κ3) is 1.48.